The van der Waals surface area contributed by atoms with Crippen LogP contribution in [-0.2, 0) is 11.2 Å². The van der Waals surface area contributed by atoms with Crippen LogP contribution < -0.4 is 10.6 Å². The SMILES string of the molecule is CCc1cccc(C)c1NC(=O)C(C)Sc1cccc(NC(=O)c2ccco2)c1. The Bertz CT molecular complexity index is 999. The Labute approximate surface area is 174 Å². The van der Waals surface area contributed by atoms with Crippen molar-refractivity contribution >= 4 is 35.0 Å². The largest absolute Gasteiger partial charge is 0.459 e. The Morgan fingerprint density at radius 3 is 2.59 bits per heavy atom. The third-order valence-electron chi connectivity index (χ3n) is 4.51. The van der Waals surface area contributed by atoms with E-state index in [1.54, 1.807) is 18.2 Å². The van der Waals surface area contributed by atoms with Gasteiger partial charge in [0.2, 0.25) is 5.91 Å². The number of carbonyl (C=O) groups is 2. The van der Waals surface area contributed by atoms with Gasteiger partial charge in [-0.15, -0.1) is 11.8 Å². The molecule has 0 aliphatic carbocycles. The molecule has 0 bridgehead atoms. The average Bonchev–Trinajstić information content (AvgIpc) is 3.24. The number of furan rings is 1. The fraction of sp³-hybridized carbons (Fsp3) is 0.217. The number of carbonyl (C=O) groups excluding carboxylic acids is 2. The van der Waals surface area contributed by atoms with Crippen LogP contribution in [0.1, 0.15) is 35.5 Å². The fourth-order valence-electron chi connectivity index (χ4n) is 2.93. The summed E-state index contributed by atoms with van der Waals surface area (Å²) in [4.78, 5) is 25.8. The van der Waals surface area contributed by atoms with E-state index in [4.69, 9.17) is 4.42 Å². The van der Waals surface area contributed by atoms with Gasteiger partial charge in [-0.3, -0.25) is 9.59 Å². The number of benzene rings is 2. The third kappa shape index (κ3) is 5.29. The molecule has 2 aromatic carbocycles. The Morgan fingerprint density at radius 2 is 1.86 bits per heavy atom. The van der Waals surface area contributed by atoms with E-state index >= 15 is 0 Å². The quantitative estimate of drug-likeness (QED) is 0.505. The van der Waals surface area contributed by atoms with Crippen LogP contribution in [0.3, 0.4) is 0 Å². The molecule has 0 aliphatic rings. The first-order valence-electron chi connectivity index (χ1n) is 9.49. The first kappa shape index (κ1) is 20.7. The van der Waals surface area contributed by atoms with Gasteiger partial charge in [-0.2, -0.15) is 0 Å². The van der Waals surface area contributed by atoms with E-state index in [1.807, 2.05) is 50.2 Å². The number of nitrogens with one attached hydrogen (secondary N) is 2. The summed E-state index contributed by atoms with van der Waals surface area (Å²) in [6.45, 7) is 5.95. The van der Waals surface area contributed by atoms with Crippen molar-refractivity contribution < 1.29 is 14.0 Å². The first-order valence-corrected chi connectivity index (χ1v) is 10.4. The molecule has 0 saturated heterocycles. The standard InChI is InChI=1S/C23H24N2O3S/c1-4-17-9-5-8-15(2)21(17)25-22(26)16(3)29-19-11-6-10-18(14-19)24-23(27)20-12-7-13-28-20/h5-14,16H,4H2,1-3H3,(H,24,27)(H,25,26). The van der Waals surface area contributed by atoms with Gasteiger partial charge in [-0.05, 0) is 61.7 Å². The molecule has 1 heterocycles. The van der Waals surface area contributed by atoms with Crippen LogP contribution in [0.15, 0.2) is 70.2 Å². The number of hydrogen-bond acceptors (Lipinski definition) is 4. The van der Waals surface area contributed by atoms with Crippen molar-refractivity contribution in [2.75, 3.05) is 10.6 Å². The van der Waals surface area contributed by atoms with Gasteiger partial charge in [-0.25, -0.2) is 0 Å². The van der Waals surface area contributed by atoms with Crippen LogP contribution in [0.2, 0.25) is 0 Å². The number of anilines is 2. The van der Waals surface area contributed by atoms with E-state index in [9.17, 15) is 9.59 Å². The lowest BCUT2D eigenvalue weighted by molar-refractivity contribution is -0.115. The van der Waals surface area contributed by atoms with Crippen molar-refractivity contribution in [2.24, 2.45) is 0 Å². The van der Waals surface area contributed by atoms with E-state index in [0.717, 1.165) is 28.1 Å². The highest BCUT2D eigenvalue weighted by molar-refractivity contribution is 8.00. The molecular formula is C23H24N2O3S. The Morgan fingerprint density at radius 1 is 1.07 bits per heavy atom. The smallest absolute Gasteiger partial charge is 0.291 e. The van der Waals surface area contributed by atoms with Gasteiger partial charge in [0.05, 0.1) is 11.5 Å². The first-order chi connectivity index (χ1) is 14.0. The maximum atomic E-state index is 12.7. The van der Waals surface area contributed by atoms with Crippen LogP contribution in [0.5, 0.6) is 0 Å². The molecule has 0 spiro atoms. The maximum absolute atomic E-state index is 12.7. The highest BCUT2D eigenvalue weighted by atomic mass is 32.2. The van der Waals surface area contributed by atoms with Crippen molar-refractivity contribution in [2.45, 2.75) is 37.3 Å². The third-order valence-corrected chi connectivity index (χ3v) is 5.60. The number of aryl methyl sites for hydroxylation is 2. The number of thioether (sulfide) groups is 1. The van der Waals surface area contributed by atoms with Crippen LogP contribution in [-0.4, -0.2) is 17.1 Å². The molecule has 3 rings (SSSR count). The van der Waals surface area contributed by atoms with E-state index in [2.05, 4.69) is 17.6 Å². The van der Waals surface area contributed by atoms with Crippen molar-refractivity contribution in [3.8, 4) is 0 Å². The second-order valence-electron chi connectivity index (χ2n) is 6.67. The average molecular weight is 409 g/mol. The molecule has 5 nitrogen and oxygen atoms in total. The minimum atomic E-state index is -0.311. The predicted molar refractivity (Wildman–Crippen MR) is 118 cm³/mol. The molecule has 0 aliphatic heterocycles. The molecule has 150 valence electrons. The summed E-state index contributed by atoms with van der Waals surface area (Å²) in [5.74, 6) is -0.112. The lowest BCUT2D eigenvalue weighted by atomic mass is 10.1. The van der Waals surface area contributed by atoms with Crippen LogP contribution in [0.25, 0.3) is 0 Å². The highest BCUT2D eigenvalue weighted by Gasteiger charge is 2.17. The van der Waals surface area contributed by atoms with Gasteiger partial charge in [0, 0.05) is 16.3 Å². The summed E-state index contributed by atoms with van der Waals surface area (Å²) in [5, 5.41) is 5.58. The number of amides is 2. The molecule has 0 saturated carbocycles. The number of rotatable bonds is 7. The zero-order valence-corrected chi connectivity index (χ0v) is 17.5. The summed E-state index contributed by atoms with van der Waals surface area (Å²) in [7, 11) is 0. The van der Waals surface area contributed by atoms with E-state index in [-0.39, 0.29) is 22.8 Å². The van der Waals surface area contributed by atoms with Gasteiger partial charge >= 0.3 is 0 Å². The topological polar surface area (TPSA) is 71.3 Å². The summed E-state index contributed by atoms with van der Waals surface area (Å²) in [6.07, 6.45) is 2.32. The number of hydrogen-bond donors (Lipinski definition) is 2. The molecule has 1 unspecified atom stereocenters. The lowest BCUT2D eigenvalue weighted by Crippen LogP contribution is -2.23. The molecule has 1 aromatic heterocycles. The molecular weight excluding hydrogens is 384 g/mol. The minimum Gasteiger partial charge on any atom is -0.459 e. The molecule has 6 heteroatoms. The van der Waals surface area contributed by atoms with Gasteiger partial charge in [0.25, 0.3) is 5.91 Å². The van der Waals surface area contributed by atoms with Crippen LogP contribution >= 0.6 is 11.8 Å². The summed E-state index contributed by atoms with van der Waals surface area (Å²) in [6, 6.07) is 16.7. The van der Waals surface area contributed by atoms with Gasteiger partial charge in [0.1, 0.15) is 0 Å². The van der Waals surface area contributed by atoms with Gasteiger partial charge in [-0.1, -0.05) is 31.2 Å². The van der Waals surface area contributed by atoms with Gasteiger partial charge in [0.15, 0.2) is 5.76 Å². The summed E-state index contributed by atoms with van der Waals surface area (Å²) in [5.41, 5.74) is 3.72. The Kier molecular flexibility index (Phi) is 6.77. The maximum Gasteiger partial charge on any atom is 0.291 e. The molecule has 1 atom stereocenters. The molecule has 0 fully saturated rings. The molecule has 2 N–H and O–H groups in total. The normalized spacial score (nSPS) is 11.7. The fourth-order valence-corrected chi connectivity index (χ4v) is 3.86. The van der Waals surface area contributed by atoms with Crippen LogP contribution in [0.4, 0.5) is 11.4 Å². The van der Waals surface area contributed by atoms with Crippen molar-refractivity contribution in [3.63, 3.8) is 0 Å². The molecule has 0 radical (unpaired) electrons. The monoisotopic (exact) mass is 408 g/mol. The molecule has 29 heavy (non-hydrogen) atoms. The van der Waals surface area contributed by atoms with Gasteiger partial charge < -0.3 is 15.1 Å². The number of para-hydroxylation sites is 1. The molecule has 3 aromatic rings. The van der Waals surface area contributed by atoms with Crippen LogP contribution in [0, 0.1) is 6.92 Å². The summed E-state index contributed by atoms with van der Waals surface area (Å²) >= 11 is 1.44. The Balaban J connectivity index is 1.65. The van der Waals surface area contributed by atoms with Crippen molar-refractivity contribution in [1.29, 1.82) is 0 Å². The minimum absolute atomic E-state index is 0.0518. The van der Waals surface area contributed by atoms with Crippen molar-refractivity contribution in [1.82, 2.24) is 0 Å². The zero-order chi connectivity index (χ0) is 20.8. The summed E-state index contributed by atoms with van der Waals surface area (Å²) < 4.78 is 5.11. The van der Waals surface area contributed by atoms with E-state index in [0.29, 0.717) is 5.69 Å². The molecule has 2 amide bonds. The zero-order valence-electron chi connectivity index (χ0n) is 16.7. The predicted octanol–water partition coefficient (Wildman–Crippen LogP) is 5.52. The second kappa shape index (κ2) is 9.47. The lowest BCUT2D eigenvalue weighted by Gasteiger charge is -2.16. The Hall–Kier alpha value is -2.99. The van der Waals surface area contributed by atoms with E-state index in [1.165, 1.54) is 18.0 Å². The second-order valence-corrected chi connectivity index (χ2v) is 8.09. The van der Waals surface area contributed by atoms with E-state index < -0.39 is 0 Å². The van der Waals surface area contributed by atoms with Crippen molar-refractivity contribution in [3.05, 3.63) is 77.7 Å². The highest BCUT2D eigenvalue weighted by Crippen LogP contribution is 2.28.